The fourth-order valence-corrected chi connectivity index (χ4v) is 7.76. The number of carbonyl (C=O) groups excluding carboxylic acids is 1. The first kappa shape index (κ1) is 33.6. The third kappa shape index (κ3) is 6.56. The first-order valence-electron chi connectivity index (χ1n) is 15.4. The molecule has 0 radical (unpaired) electrons. The van der Waals surface area contributed by atoms with E-state index in [4.69, 9.17) is 14.5 Å². The molecule has 3 aromatic carbocycles. The smallest absolute Gasteiger partial charge is 0.338 e. The van der Waals surface area contributed by atoms with Crippen molar-refractivity contribution in [1.82, 2.24) is 14.5 Å². The second-order valence-electron chi connectivity index (χ2n) is 11.1. The van der Waals surface area contributed by atoms with Crippen molar-refractivity contribution in [2.75, 3.05) is 13.7 Å². The van der Waals surface area contributed by atoms with Gasteiger partial charge in [-0.1, -0.05) is 66.8 Å². The van der Waals surface area contributed by atoms with E-state index in [1.54, 1.807) is 26.0 Å². The van der Waals surface area contributed by atoms with Gasteiger partial charge in [-0.3, -0.25) is 24.3 Å². The second kappa shape index (κ2) is 14.0. The number of non-ortho nitro benzene ring substituents is 1. The molecule has 12 nitrogen and oxygen atoms in total. The van der Waals surface area contributed by atoms with E-state index in [1.807, 2.05) is 43.3 Å². The van der Waals surface area contributed by atoms with Crippen molar-refractivity contribution >= 4 is 51.6 Å². The maximum atomic E-state index is 14.6. The lowest BCUT2D eigenvalue weighted by Crippen LogP contribution is -2.40. The molecule has 1 aliphatic heterocycles. The van der Waals surface area contributed by atoms with Crippen molar-refractivity contribution in [3.63, 3.8) is 0 Å². The van der Waals surface area contributed by atoms with Gasteiger partial charge in [-0.25, -0.2) is 14.8 Å². The second-order valence-corrected chi connectivity index (χ2v) is 13.1. The Kier molecular flexibility index (Phi) is 9.60. The van der Waals surface area contributed by atoms with Crippen molar-refractivity contribution in [3.8, 4) is 5.75 Å². The highest BCUT2D eigenvalue weighted by Crippen LogP contribution is 2.41. The molecule has 0 aliphatic carbocycles. The summed E-state index contributed by atoms with van der Waals surface area (Å²) in [6.45, 7) is 5.51. The third-order valence-electron chi connectivity index (χ3n) is 7.86. The summed E-state index contributed by atoms with van der Waals surface area (Å²) in [5, 5.41) is 13.8. The maximum Gasteiger partial charge on any atom is 0.338 e. The summed E-state index contributed by atoms with van der Waals surface area (Å²) < 4.78 is 13.1. The van der Waals surface area contributed by atoms with Gasteiger partial charge in [0.15, 0.2) is 9.96 Å². The van der Waals surface area contributed by atoms with Crippen molar-refractivity contribution in [2.24, 2.45) is 4.99 Å². The molecule has 0 spiro atoms. The zero-order valence-corrected chi connectivity index (χ0v) is 28.6. The molecule has 49 heavy (non-hydrogen) atoms. The van der Waals surface area contributed by atoms with Crippen LogP contribution in [0.4, 0.5) is 5.69 Å². The number of thiazole rings is 1. The Morgan fingerprint density at radius 2 is 1.94 bits per heavy atom. The van der Waals surface area contributed by atoms with Crippen molar-refractivity contribution in [3.05, 3.63) is 129 Å². The SMILES string of the molecule is CCCC1=C(C(=O)OCC)[C@H](c2c(OC)ccc3ccccc23)n2c(s/c(=C/c3cc([N+](=O)[O-])ccc3Sc3nc(C)cc(=O)[nH]3)c2=O)=N1. The predicted molar refractivity (Wildman–Crippen MR) is 187 cm³/mol. The van der Waals surface area contributed by atoms with Gasteiger partial charge in [0.2, 0.25) is 0 Å². The number of aromatic nitrogens is 3. The minimum absolute atomic E-state index is 0.125. The number of fused-ring (bicyclic) bond motifs is 2. The van der Waals surface area contributed by atoms with Crippen LogP contribution in [0, 0.1) is 17.0 Å². The minimum Gasteiger partial charge on any atom is -0.496 e. The summed E-state index contributed by atoms with van der Waals surface area (Å²) >= 11 is 2.22. The molecule has 1 atom stereocenters. The summed E-state index contributed by atoms with van der Waals surface area (Å²) in [4.78, 5) is 64.6. The highest BCUT2D eigenvalue weighted by atomic mass is 32.2. The van der Waals surface area contributed by atoms with Crippen LogP contribution in [0.1, 0.15) is 49.6 Å². The Balaban J connectivity index is 1.64. The molecule has 0 bridgehead atoms. The van der Waals surface area contributed by atoms with Gasteiger partial charge in [0.05, 0.1) is 34.4 Å². The first-order valence-corrected chi connectivity index (χ1v) is 17.1. The average molecular weight is 698 g/mol. The number of hydrogen-bond donors (Lipinski definition) is 1. The predicted octanol–water partition coefficient (Wildman–Crippen LogP) is 5.19. The van der Waals surface area contributed by atoms with Gasteiger partial charge >= 0.3 is 5.97 Å². The molecular formula is C35H31N5O7S2. The molecule has 0 saturated carbocycles. The molecule has 6 rings (SSSR count). The van der Waals surface area contributed by atoms with Gasteiger partial charge in [-0.15, -0.1) is 0 Å². The number of rotatable bonds is 10. The number of esters is 1. The standard InChI is InChI=1S/C35H31N5O7S2/c1-5-9-24-30(33(43)47-6-2)31(29-23-11-8-7-10-20(23)12-14-25(29)46-4)39-32(42)27(49-35(39)37-24)18-21-17-22(40(44)45)13-15-26(21)48-34-36-19(3)16-28(41)38-34/h7-8,10-18,31H,5-6,9H2,1-4H3,(H,36,38,41)/b27-18+/t31-/m0/s1. The molecular weight excluding hydrogens is 667 g/mol. The molecule has 0 amide bonds. The normalized spacial score (nSPS) is 14.4. The summed E-state index contributed by atoms with van der Waals surface area (Å²) in [7, 11) is 1.54. The van der Waals surface area contributed by atoms with Crippen LogP contribution < -0.4 is 25.2 Å². The van der Waals surface area contributed by atoms with Crippen LogP contribution in [0.5, 0.6) is 5.75 Å². The lowest BCUT2D eigenvalue weighted by molar-refractivity contribution is -0.384. The lowest BCUT2D eigenvalue weighted by atomic mass is 9.90. The van der Waals surface area contributed by atoms with E-state index in [9.17, 15) is 24.5 Å². The number of benzene rings is 3. The van der Waals surface area contributed by atoms with Gasteiger partial charge in [0.25, 0.3) is 16.8 Å². The van der Waals surface area contributed by atoms with Gasteiger partial charge in [0, 0.05) is 34.4 Å². The van der Waals surface area contributed by atoms with Crippen molar-refractivity contribution in [2.45, 2.75) is 49.7 Å². The quantitative estimate of drug-likeness (QED) is 0.0897. The van der Waals surface area contributed by atoms with Gasteiger partial charge < -0.3 is 14.5 Å². The van der Waals surface area contributed by atoms with Gasteiger partial charge in [-0.05, 0) is 54.8 Å². The van der Waals surface area contributed by atoms with Crippen LogP contribution >= 0.6 is 23.1 Å². The number of nitrogens with one attached hydrogen (secondary N) is 1. The summed E-state index contributed by atoms with van der Waals surface area (Å²) in [5.41, 5.74) is 1.27. The molecule has 1 aliphatic rings. The molecule has 0 unspecified atom stereocenters. The maximum absolute atomic E-state index is 14.6. The van der Waals surface area contributed by atoms with Crippen LogP contribution in [0.2, 0.25) is 0 Å². The van der Waals surface area contributed by atoms with Crippen LogP contribution in [-0.2, 0) is 9.53 Å². The Bertz CT molecular complexity index is 2410. The van der Waals surface area contributed by atoms with E-state index in [1.165, 1.54) is 29.9 Å². The van der Waals surface area contributed by atoms with E-state index in [2.05, 4.69) is 9.97 Å². The van der Waals surface area contributed by atoms with Crippen LogP contribution in [0.25, 0.3) is 16.8 Å². The summed E-state index contributed by atoms with van der Waals surface area (Å²) in [6, 6.07) is 16.1. The molecule has 0 saturated heterocycles. The van der Waals surface area contributed by atoms with Crippen LogP contribution in [-0.4, -0.2) is 39.1 Å². The number of allylic oxidation sites excluding steroid dienone is 1. The van der Waals surface area contributed by atoms with Crippen molar-refractivity contribution < 1.29 is 19.2 Å². The van der Waals surface area contributed by atoms with Crippen LogP contribution in [0.3, 0.4) is 0 Å². The number of ether oxygens (including phenoxy) is 2. The third-order valence-corrected chi connectivity index (χ3v) is 9.82. The summed E-state index contributed by atoms with van der Waals surface area (Å²) in [5.74, 6) is -0.101. The number of nitrogens with zero attached hydrogens (tertiary/aromatic N) is 4. The highest BCUT2D eigenvalue weighted by molar-refractivity contribution is 7.99. The molecule has 5 aromatic rings. The van der Waals surface area contributed by atoms with E-state index in [0.29, 0.717) is 56.0 Å². The fraction of sp³-hybridized carbons (Fsp3) is 0.229. The molecule has 14 heteroatoms. The Morgan fingerprint density at radius 3 is 2.65 bits per heavy atom. The first-order chi connectivity index (χ1) is 23.6. The number of aromatic amines is 1. The Labute approximate surface area is 287 Å². The number of aryl methyl sites for hydroxylation is 1. The zero-order valence-electron chi connectivity index (χ0n) is 27.0. The van der Waals surface area contributed by atoms with E-state index in [0.717, 1.165) is 33.9 Å². The highest BCUT2D eigenvalue weighted by Gasteiger charge is 2.37. The lowest BCUT2D eigenvalue weighted by Gasteiger charge is -2.28. The molecule has 3 heterocycles. The van der Waals surface area contributed by atoms with Gasteiger partial charge in [-0.2, -0.15) is 0 Å². The molecule has 0 fully saturated rings. The van der Waals surface area contributed by atoms with Crippen LogP contribution in [0.15, 0.2) is 96.6 Å². The van der Waals surface area contributed by atoms with Gasteiger partial charge in [0.1, 0.15) is 11.8 Å². The topological polar surface area (TPSA) is 159 Å². The Hall–Kier alpha value is -5.34. The minimum atomic E-state index is -0.944. The number of methoxy groups -OCH3 is 1. The summed E-state index contributed by atoms with van der Waals surface area (Å²) in [6.07, 6.45) is 2.70. The monoisotopic (exact) mass is 697 g/mol. The number of nitro groups is 1. The van der Waals surface area contributed by atoms with E-state index in [-0.39, 0.29) is 28.0 Å². The number of H-pyrrole nitrogens is 1. The number of carbonyl (C=O) groups is 1. The Morgan fingerprint density at radius 1 is 1.14 bits per heavy atom. The fourth-order valence-electron chi connectivity index (χ4n) is 5.83. The number of nitro benzene ring substituents is 1. The molecule has 2 aromatic heterocycles. The largest absolute Gasteiger partial charge is 0.496 e. The average Bonchev–Trinajstić information content (AvgIpc) is 3.38. The zero-order chi connectivity index (χ0) is 34.8. The van der Waals surface area contributed by atoms with Crippen molar-refractivity contribution in [1.29, 1.82) is 0 Å². The van der Waals surface area contributed by atoms with E-state index < -0.39 is 22.5 Å². The molecule has 250 valence electrons. The molecule has 1 N–H and O–H groups in total. The number of hydrogen-bond acceptors (Lipinski definition) is 11. The van der Waals surface area contributed by atoms with E-state index >= 15 is 0 Å².